The van der Waals surface area contributed by atoms with Gasteiger partial charge in [0.05, 0.1) is 0 Å². The van der Waals surface area contributed by atoms with E-state index in [1.165, 1.54) is 0 Å². The second kappa shape index (κ2) is 9.65. The Kier molecular flexibility index (Phi) is 6.73. The van der Waals surface area contributed by atoms with Crippen molar-refractivity contribution in [3.63, 3.8) is 0 Å². The molecule has 1 aromatic heterocycles. The van der Waals surface area contributed by atoms with Crippen LogP contribution in [0.5, 0.6) is 0 Å². The van der Waals surface area contributed by atoms with Crippen molar-refractivity contribution in [1.29, 1.82) is 0 Å². The fourth-order valence-corrected chi connectivity index (χ4v) is 2.87. The summed E-state index contributed by atoms with van der Waals surface area (Å²) in [5.41, 5.74) is 1.92. The van der Waals surface area contributed by atoms with Crippen molar-refractivity contribution in [1.82, 2.24) is 15.0 Å². The fourth-order valence-electron chi connectivity index (χ4n) is 2.87. The summed E-state index contributed by atoms with van der Waals surface area (Å²) in [6.07, 6.45) is 4.88. The predicted molar refractivity (Wildman–Crippen MR) is 110 cm³/mol. The molecular formula is C23H25N3O2. The van der Waals surface area contributed by atoms with E-state index >= 15 is 0 Å². The molecule has 0 aliphatic rings. The van der Waals surface area contributed by atoms with Crippen molar-refractivity contribution in [2.45, 2.75) is 32.7 Å². The van der Waals surface area contributed by atoms with Crippen LogP contribution in [0.15, 0.2) is 71.3 Å². The number of rotatable bonds is 8. The third kappa shape index (κ3) is 5.16. The van der Waals surface area contributed by atoms with Crippen LogP contribution in [0.3, 0.4) is 0 Å². The number of carbonyl (C=O) groups is 1. The molecule has 1 unspecified atom stereocenters. The van der Waals surface area contributed by atoms with E-state index in [0.29, 0.717) is 24.7 Å². The molecule has 3 rings (SSSR count). The molecule has 5 nitrogen and oxygen atoms in total. The SMILES string of the molecule is CCC(C)N(CCc1nc(-c2ccccc2)no1)C(=O)/C=C/c1ccccc1. The molecule has 28 heavy (non-hydrogen) atoms. The van der Waals surface area contributed by atoms with Gasteiger partial charge in [0.2, 0.25) is 17.6 Å². The zero-order chi connectivity index (χ0) is 19.8. The molecule has 0 spiro atoms. The first-order valence-corrected chi connectivity index (χ1v) is 9.59. The van der Waals surface area contributed by atoms with E-state index in [2.05, 4.69) is 24.0 Å². The van der Waals surface area contributed by atoms with Crippen molar-refractivity contribution in [2.75, 3.05) is 6.54 Å². The molecule has 0 fully saturated rings. The van der Waals surface area contributed by atoms with Crippen molar-refractivity contribution < 1.29 is 9.32 Å². The van der Waals surface area contributed by atoms with Crippen LogP contribution in [0.25, 0.3) is 17.5 Å². The molecule has 5 heteroatoms. The van der Waals surface area contributed by atoms with Crippen LogP contribution in [-0.2, 0) is 11.2 Å². The lowest BCUT2D eigenvalue weighted by Gasteiger charge is -2.27. The summed E-state index contributed by atoms with van der Waals surface area (Å²) in [6.45, 7) is 4.66. The lowest BCUT2D eigenvalue weighted by Crippen LogP contribution is -2.38. The smallest absolute Gasteiger partial charge is 0.246 e. The monoisotopic (exact) mass is 375 g/mol. The van der Waals surface area contributed by atoms with Gasteiger partial charge in [0.1, 0.15) is 0 Å². The van der Waals surface area contributed by atoms with Gasteiger partial charge >= 0.3 is 0 Å². The zero-order valence-corrected chi connectivity index (χ0v) is 16.3. The van der Waals surface area contributed by atoms with E-state index < -0.39 is 0 Å². The van der Waals surface area contributed by atoms with E-state index in [0.717, 1.165) is 17.5 Å². The van der Waals surface area contributed by atoms with Gasteiger partial charge in [-0.05, 0) is 25.0 Å². The molecular weight excluding hydrogens is 350 g/mol. The third-order valence-electron chi connectivity index (χ3n) is 4.69. The Hall–Kier alpha value is -3.21. The van der Waals surface area contributed by atoms with E-state index in [1.54, 1.807) is 6.08 Å². The molecule has 0 aliphatic carbocycles. The molecule has 3 aromatic rings. The van der Waals surface area contributed by atoms with Crippen molar-refractivity contribution in [3.8, 4) is 11.4 Å². The minimum Gasteiger partial charge on any atom is -0.339 e. The van der Waals surface area contributed by atoms with Gasteiger partial charge in [-0.15, -0.1) is 0 Å². The second-order valence-corrected chi connectivity index (χ2v) is 6.66. The maximum absolute atomic E-state index is 12.7. The summed E-state index contributed by atoms with van der Waals surface area (Å²) in [7, 11) is 0. The molecule has 0 aliphatic heterocycles. The van der Waals surface area contributed by atoms with Crippen LogP contribution in [0.1, 0.15) is 31.7 Å². The first-order valence-electron chi connectivity index (χ1n) is 9.59. The summed E-state index contributed by atoms with van der Waals surface area (Å²) in [5.74, 6) is 1.09. The van der Waals surface area contributed by atoms with Gasteiger partial charge < -0.3 is 9.42 Å². The Balaban J connectivity index is 1.65. The summed E-state index contributed by atoms with van der Waals surface area (Å²) < 4.78 is 5.37. The van der Waals surface area contributed by atoms with Crippen LogP contribution in [0.2, 0.25) is 0 Å². The Morgan fingerprint density at radius 3 is 2.46 bits per heavy atom. The summed E-state index contributed by atoms with van der Waals surface area (Å²) in [4.78, 5) is 19.0. The van der Waals surface area contributed by atoms with E-state index in [1.807, 2.05) is 71.6 Å². The summed E-state index contributed by atoms with van der Waals surface area (Å²) in [6, 6.07) is 19.7. The van der Waals surface area contributed by atoms with Crippen molar-refractivity contribution in [3.05, 3.63) is 78.2 Å². The number of hydrogen-bond acceptors (Lipinski definition) is 4. The van der Waals surface area contributed by atoms with E-state index in [9.17, 15) is 4.79 Å². The average Bonchev–Trinajstić information content (AvgIpc) is 3.22. The van der Waals surface area contributed by atoms with Crippen LogP contribution in [0.4, 0.5) is 0 Å². The quantitative estimate of drug-likeness (QED) is 0.539. The average molecular weight is 375 g/mol. The Labute approximate surface area is 165 Å². The first kappa shape index (κ1) is 19.5. The summed E-state index contributed by atoms with van der Waals surface area (Å²) >= 11 is 0. The van der Waals surface area contributed by atoms with Crippen LogP contribution in [0, 0.1) is 0 Å². The minimum atomic E-state index is -0.0130. The molecule has 1 atom stereocenters. The number of amides is 1. The van der Waals surface area contributed by atoms with Gasteiger partial charge in [-0.25, -0.2) is 0 Å². The van der Waals surface area contributed by atoms with Gasteiger partial charge in [0, 0.05) is 30.6 Å². The second-order valence-electron chi connectivity index (χ2n) is 6.66. The van der Waals surface area contributed by atoms with Crippen LogP contribution in [-0.4, -0.2) is 33.5 Å². The number of carbonyl (C=O) groups excluding carboxylic acids is 1. The number of nitrogens with zero attached hydrogens (tertiary/aromatic N) is 3. The number of hydrogen-bond donors (Lipinski definition) is 0. The molecule has 0 N–H and O–H groups in total. The molecule has 144 valence electrons. The Bertz CT molecular complexity index is 904. The molecule has 1 heterocycles. The third-order valence-corrected chi connectivity index (χ3v) is 4.69. The normalized spacial score (nSPS) is 12.2. The van der Waals surface area contributed by atoms with E-state index in [-0.39, 0.29) is 11.9 Å². The highest BCUT2D eigenvalue weighted by Gasteiger charge is 2.18. The highest BCUT2D eigenvalue weighted by Crippen LogP contribution is 2.16. The maximum atomic E-state index is 12.7. The number of benzene rings is 2. The number of aromatic nitrogens is 2. The predicted octanol–water partition coefficient (Wildman–Crippen LogP) is 4.62. The van der Waals surface area contributed by atoms with E-state index in [4.69, 9.17) is 4.52 Å². The molecule has 1 amide bonds. The Morgan fingerprint density at radius 1 is 1.11 bits per heavy atom. The molecule has 0 saturated carbocycles. The highest BCUT2D eigenvalue weighted by atomic mass is 16.5. The minimum absolute atomic E-state index is 0.0130. The largest absolute Gasteiger partial charge is 0.339 e. The first-order chi connectivity index (χ1) is 13.7. The molecule has 2 aromatic carbocycles. The van der Waals surface area contributed by atoms with Crippen molar-refractivity contribution in [2.24, 2.45) is 0 Å². The fraction of sp³-hybridized carbons (Fsp3) is 0.261. The van der Waals surface area contributed by atoms with Gasteiger partial charge in [-0.1, -0.05) is 72.7 Å². The van der Waals surface area contributed by atoms with Gasteiger partial charge in [-0.3, -0.25) is 4.79 Å². The van der Waals surface area contributed by atoms with Gasteiger partial charge in [-0.2, -0.15) is 4.98 Å². The standard InChI is InChI=1S/C23H25N3O2/c1-3-18(2)26(22(27)15-14-19-10-6-4-7-11-19)17-16-21-24-23(25-28-21)20-12-8-5-9-13-20/h4-15,18H,3,16-17H2,1-2H3/b15-14+. The maximum Gasteiger partial charge on any atom is 0.246 e. The van der Waals surface area contributed by atoms with Crippen LogP contribution < -0.4 is 0 Å². The Morgan fingerprint density at radius 2 is 1.79 bits per heavy atom. The van der Waals surface area contributed by atoms with Gasteiger partial charge in [0.25, 0.3) is 0 Å². The topological polar surface area (TPSA) is 59.2 Å². The lowest BCUT2D eigenvalue weighted by molar-refractivity contribution is -0.128. The molecule has 0 saturated heterocycles. The lowest BCUT2D eigenvalue weighted by atomic mass is 10.1. The van der Waals surface area contributed by atoms with Crippen molar-refractivity contribution >= 4 is 12.0 Å². The van der Waals surface area contributed by atoms with Gasteiger partial charge in [0.15, 0.2) is 0 Å². The highest BCUT2D eigenvalue weighted by molar-refractivity contribution is 5.92. The molecule has 0 bridgehead atoms. The summed E-state index contributed by atoms with van der Waals surface area (Å²) in [5, 5.41) is 4.05. The van der Waals surface area contributed by atoms with Crippen LogP contribution >= 0.6 is 0 Å². The molecule has 0 radical (unpaired) electrons. The zero-order valence-electron chi connectivity index (χ0n) is 16.3.